The van der Waals surface area contributed by atoms with Crippen molar-refractivity contribution >= 4 is 34.8 Å². The fraction of sp³-hybridized carbons (Fsp3) is 0.240. The third-order valence-electron chi connectivity index (χ3n) is 5.54. The number of nitrogens with zero attached hydrogens (tertiary/aromatic N) is 1. The Morgan fingerprint density at radius 2 is 1.84 bits per heavy atom. The maximum Gasteiger partial charge on any atom is 0.291 e. The fourth-order valence-corrected chi connectivity index (χ4v) is 4.13. The number of aryl methyl sites for hydroxylation is 3. The number of carbonyl (C=O) groups excluding carboxylic acids is 2. The van der Waals surface area contributed by atoms with Gasteiger partial charge in [0.25, 0.3) is 11.8 Å². The summed E-state index contributed by atoms with van der Waals surface area (Å²) in [6.45, 7) is 5.81. The third kappa shape index (κ3) is 4.46. The molecule has 7 heteroatoms. The number of anilines is 1. The molecule has 164 valence electrons. The van der Waals surface area contributed by atoms with Gasteiger partial charge in [-0.25, -0.2) is 5.43 Å². The summed E-state index contributed by atoms with van der Waals surface area (Å²) in [4.78, 5) is 25.4. The van der Waals surface area contributed by atoms with Gasteiger partial charge in [-0.1, -0.05) is 35.4 Å². The second-order valence-electron chi connectivity index (χ2n) is 7.99. The largest absolute Gasteiger partial charge is 0.455 e. The molecule has 3 aromatic rings. The van der Waals surface area contributed by atoms with E-state index in [1.54, 1.807) is 24.3 Å². The second kappa shape index (κ2) is 9.01. The van der Waals surface area contributed by atoms with E-state index in [2.05, 4.69) is 15.8 Å². The first-order chi connectivity index (χ1) is 15.3. The Labute approximate surface area is 191 Å². The molecule has 1 aromatic heterocycles. The zero-order valence-electron chi connectivity index (χ0n) is 18.2. The van der Waals surface area contributed by atoms with Crippen LogP contribution in [0.15, 0.2) is 52.0 Å². The smallest absolute Gasteiger partial charge is 0.291 e. The Hall–Kier alpha value is -3.38. The summed E-state index contributed by atoms with van der Waals surface area (Å²) in [6, 6.07) is 12.5. The van der Waals surface area contributed by atoms with Gasteiger partial charge < -0.3 is 9.73 Å². The van der Waals surface area contributed by atoms with Gasteiger partial charge in [0.15, 0.2) is 5.76 Å². The Balaban J connectivity index is 1.57. The van der Waals surface area contributed by atoms with E-state index >= 15 is 0 Å². The minimum Gasteiger partial charge on any atom is -0.455 e. The zero-order chi connectivity index (χ0) is 22.8. The predicted octanol–water partition coefficient (Wildman–Crippen LogP) is 5.58. The SMILES string of the molecule is Cc1ccc(NC(=O)c2oc3c(c2C)/C(=N/NC(=O)c2cccc(Cl)c2)CCC3)c(C)c1. The quantitative estimate of drug-likeness (QED) is 0.510. The molecule has 0 radical (unpaired) electrons. The number of carbonyl (C=O) groups is 2. The van der Waals surface area contributed by atoms with Crippen LogP contribution >= 0.6 is 11.6 Å². The Morgan fingerprint density at radius 1 is 1.03 bits per heavy atom. The Kier molecular flexibility index (Phi) is 6.15. The third-order valence-corrected chi connectivity index (χ3v) is 5.78. The van der Waals surface area contributed by atoms with E-state index in [4.69, 9.17) is 16.0 Å². The Bertz CT molecular complexity index is 1240. The van der Waals surface area contributed by atoms with Crippen molar-refractivity contribution in [2.45, 2.75) is 40.0 Å². The van der Waals surface area contributed by atoms with Gasteiger partial charge in [-0.05, 0) is 63.4 Å². The van der Waals surface area contributed by atoms with E-state index in [-0.39, 0.29) is 17.6 Å². The van der Waals surface area contributed by atoms with Gasteiger partial charge in [0.1, 0.15) is 5.76 Å². The molecule has 1 aliphatic rings. The highest BCUT2D eigenvalue weighted by atomic mass is 35.5. The standard InChI is InChI=1S/C25H24ClN3O3/c1-14-10-11-19(15(2)12-14)27-25(31)23-16(3)22-20(8-5-9-21(22)32-23)28-29-24(30)17-6-4-7-18(26)13-17/h4,6-7,10-13H,5,8-9H2,1-3H3,(H,27,31)(H,29,30)/b28-20+. The number of halogens is 1. The van der Waals surface area contributed by atoms with Crippen LogP contribution in [0, 0.1) is 20.8 Å². The van der Waals surface area contributed by atoms with E-state index in [1.807, 2.05) is 39.0 Å². The van der Waals surface area contributed by atoms with E-state index in [0.29, 0.717) is 29.1 Å². The first kappa shape index (κ1) is 21.8. The fourth-order valence-electron chi connectivity index (χ4n) is 3.94. The van der Waals surface area contributed by atoms with Crippen LogP contribution < -0.4 is 10.7 Å². The molecule has 2 amide bonds. The van der Waals surface area contributed by atoms with E-state index in [9.17, 15) is 9.59 Å². The lowest BCUT2D eigenvalue weighted by atomic mass is 9.93. The summed E-state index contributed by atoms with van der Waals surface area (Å²) in [5, 5.41) is 7.78. The van der Waals surface area contributed by atoms with Crippen LogP contribution in [-0.4, -0.2) is 17.5 Å². The van der Waals surface area contributed by atoms with Gasteiger partial charge in [-0.2, -0.15) is 5.10 Å². The van der Waals surface area contributed by atoms with E-state index in [1.165, 1.54) is 0 Å². The molecule has 0 aliphatic heterocycles. The van der Waals surface area contributed by atoms with Gasteiger partial charge in [0.05, 0.1) is 5.71 Å². The summed E-state index contributed by atoms with van der Waals surface area (Å²) in [7, 11) is 0. The molecule has 32 heavy (non-hydrogen) atoms. The van der Waals surface area contributed by atoms with Gasteiger partial charge in [0.2, 0.25) is 0 Å². The molecule has 1 heterocycles. The number of nitrogens with one attached hydrogen (secondary N) is 2. The molecule has 0 saturated heterocycles. The number of rotatable bonds is 4. The molecular formula is C25H24ClN3O3. The van der Waals surface area contributed by atoms with Crippen molar-refractivity contribution < 1.29 is 14.0 Å². The average molecular weight is 450 g/mol. The number of benzene rings is 2. The highest BCUT2D eigenvalue weighted by Crippen LogP contribution is 2.30. The normalized spacial score (nSPS) is 14.2. The van der Waals surface area contributed by atoms with Crippen molar-refractivity contribution in [3.63, 3.8) is 0 Å². The second-order valence-corrected chi connectivity index (χ2v) is 8.43. The molecule has 0 unspecified atom stereocenters. The van der Waals surface area contributed by atoms with Crippen molar-refractivity contribution in [3.8, 4) is 0 Å². The molecule has 2 aromatic carbocycles. The van der Waals surface area contributed by atoms with Crippen LogP contribution in [0.25, 0.3) is 0 Å². The van der Waals surface area contributed by atoms with Crippen LogP contribution in [0.4, 0.5) is 5.69 Å². The number of amides is 2. The monoisotopic (exact) mass is 449 g/mol. The first-order valence-corrected chi connectivity index (χ1v) is 10.8. The van der Waals surface area contributed by atoms with Gasteiger partial charge in [-0.15, -0.1) is 0 Å². The minimum atomic E-state index is -0.346. The van der Waals surface area contributed by atoms with Gasteiger partial charge in [-0.3, -0.25) is 9.59 Å². The summed E-state index contributed by atoms with van der Waals surface area (Å²) >= 11 is 5.97. The van der Waals surface area contributed by atoms with Crippen molar-refractivity contribution in [2.75, 3.05) is 5.32 Å². The lowest BCUT2D eigenvalue weighted by Crippen LogP contribution is -2.22. The van der Waals surface area contributed by atoms with Crippen LogP contribution in [-0.2, 0) is 6.42 Å². The van der Waals surface area contributed by atoms with E-state index < -0.39 is 0 Å². The topological polar surface area (TPSA) is 83.7 Å². The van der Waals surface area contributed by atoms with Crippen LogP contribution in [0.1, 0.15) is 61.8 Å². The molecule has 6 nitrogen and oxygen atoms in total. The van der Waals surface area contributed by atoms with E-state index in [0.717, 1.165) is 40.1 Å². The summed E-state index contributed by atoms with van der Waals surface area (Å²) in [5.41, 5.74) is 8.11. The number of hydrazone groups is 1. The van der Waals surface area contributed by atoms with Crippen LogP contribution in [0.3, 0.4) is 0 Å². The van der Waals surface area contributed by atoms with Crippen molar-refractivity contribution in [1.29, 1.82) is 0 Å². The number of hydrogen-bond acceptors (Lipinski definition) is 4. The average Bonchev–Trinajstić information content (AvgIpc) is 3.11. The molecular weight excluding hydrogens is 426 g/mol. The van der Waals surface area contributed by atoms with Crippen LogP contribution in [0.5, 0.6) is 0 Å². The maximum atomic E-state index is 13.0. The minimum absolute atomic E-state index is 0.269. The molecule has 4 rings (SSSR count). The molecule has 0 atom stereocenters. The summed E-state index contributed by atoms with van der Waals surface area (Å²) in [5.74, 6) is 0.341. The van der Waals surface area contributed by atoms with Gasteiger partial charge >= 0.3 is 0 Å². The summed E-state index contributed by atoms with van der Waals surface area (Å²) in [6.07, 6.45) is 2.22. The molecule has 2 N–H and O–H groups in total. The highest BCUT2D eigenvalue weighted by Gasteiger charge is 2.28. The van der Waals surface area contributed by atoms with Crippen molar-refractivity contribution in [1.82, 2.24) is 5.43 Å². The predicted molar refractivity (Wildman–Crippen MR) is 126 cm³/mol. The maximum absolute atomic E-state index is 13.0. The molecule has 1 aliphatic carbocycles. The number of hydrogen-bond donors (Lipinski definition) is 2. The Morgan fingerprint density at radius 3 is 2.59 bits per heavy atom. The van der Waals surface area contributed by atoms with Gasteiger partial charge in [0, 0.05) is 33.8 Å². The molecule has 0 fully saturated rings. The molecule has 0 saturated carbocycles. The number of fused-ring (bicyclic) bond motifs is 1. The first-order valence-electron chi connectivity index (χ1n) is 10.5. The van der Waals surface area contributed by atoms with Crippen molar-refractivity contribution in [3.05, 3.63) is 86.8 Å². The summed E-state index contributed by atoms with van der Waals surface area (Å²) < 4.78 is 5.95. The zero-order valence-corrected chi connectivity index (χ0v) is 19.0. The lowest BCUT2D eigenvalue weighted by molar-refractivity contribution is 0.0953. The van der Waals surface area contributed by atoms with Crippen LogP contribution in [0.2, 0.25) is 5.02 Å². The molecule has 0 bridgehead atoms. The molecule has 0 spiro atoms. The lowest BCUT2D eigenvalue weighted by Gasteiger charge is -2.13. The van der Waals surface area contributed by atoms with Crippen molar-refractivity contribution in [2.24, 2.45) is 5.10 Å². The number of furan rings is 1. The highest BCUT2D eigenvalue weighted by molar-refractivity contribution is 6.31.